The van der Waals surface area contributed by atoms with Gasteiger partial charge in [0, 0.05) is 6.42 Å². The minimum atomic E-state index is -1.60. The van der Waals surface area contributed by atoms with Crippen LogP contribution in [-0.4, -0.2) is 77.1 Å². The van der Waals surface area contributed by atoms with Crippen molar-refractivity contribution in [1.82, 2.24) is 16.0 Å². The minimum Gasteiger partial charge on any atom is -0.480 e. The Bertz CT molecular complexity index is 675. The Morgan fingerprint density at radius 2 is 1.39 bits per heavy atom. The van der Waals surface area contributed by atoms with Gasteiger partial charge in [-0.2, -0.15) is 0 Å². The summed E-state index contributed by atoms with van der Waals surface area (Å²) in [5.74, 6) is -4.49. The zero-order valence-electron chi connectivity index (χ0n) is 19.2. The SMILES string of the molecule is CCC(C)C(N)C(=O)NC(CCCCN)C(=O)NC(CCC(N)=O)C(=O)NC(CO)C(=O)O. The molecule has 5 atom stereocenters. The number of unbranched alkanes of at least 4 members (excludes halogenated alkanes) is 1. The number of carbonyl (C=O) groups is 5. The van der Waals surface area contributed by atoms with Crippen LogP contribution >= 0.6 is 0 Å². The molecule has 0 spiro atoms. The predicted octanol–water partition coefficient (Wildman–Crippen LogP) is -2.71. The lowest BCUT2D eigenvalue weighted by molar-refractivity contribution is -0.143. The molecule has 0 aromatic carbocycles. The zero-order valence-corrected chi connectivity index (χ0v) is 19.2. The number of carboxylic acid groups (broad SMARTS) is 1. The molecule has 0 heterocycles. The summed E-state index contributed by atoms with van der Waals surface area (Å²) >= 11 is 0. The Kier molecular flexibility index (Phi) is 14.6. The summed E-state index contributed by atoms with van der Waals surface area (Å²) in [6.07, 6.45) is 1.51. The highest BCUT2D eigenvalue weighted by Crippen LogP contribution is 2.08. The van der Waals surface area contributed by atoms with Crippen LogP contribution in [-0.2, 0) is 24.0 Å². The van der Waals surface area contributed by atoms with Gasteiger partial charge in [-0.15, -0.1) is 0 Å². The van der Waals surface area contributed by atoms with Gasteiger partial charge < -0.3 is 43.4 Å². The number of carboxylic acids is 1. The van der Waals surface area contributed by atoms with Crippen LogP contribution in [0.1, 0.15) is 52.4 Å². The molecule has 33 heavy (non-hydrogen) atoms. The molecule has 0 saturated heterocycles. The molecule has 0 saturated carbocycles. The molecule has 0 aliphatic rings. The van der Waals surface area contributed by atoms with Crippen molar-refractivity contribution >= 4 is 29.6 Å². The lowest BCUT2D eigenvalue weighted by atomic mass is 9.98. The van der Waals surface area contributed by atoms with Crippen LogP contribution in [0.5, 0.6) is 0 Å². The number of nitrogens with two attached hydrogens (primary N) is 3. The first-order valence-corrected chi connectivity index (χ1v) is 11.0. The number of aliphatic carboxylic acids is 1. The smallest absolute Gasteiger partial charge is 0.328 e. The summed E-state index contributed by atoms with van der Waals surface area (Å²) < 4.78 is 0. The maximum atomic E-state index is 12.9. The normalized spacial score (nSPS) is 15.4. The van der Waals surface area contributed by atoms with E-state index in [0.29, 0.717) is 25.8 Å². The zero-order chi connectivity index (χ0) is 25.6. The van der Waals surface area contributed by atoms with Crippen LogP contribution in [0.2, 0.25) is 0 Å². The molecule has 0 fully saturated rings. The average Bonchev–Trinajstić information content (AvgIpc) is 2.77. The number of aliphatic hydroxyl groups excluding tert-OH is 1. The summed E-state index contributed by atoms with van der Waals surface area (Å²) in [6.45, 7) is 3.19. The predicted molar refractivity (Wildman–Crippen MR) is 119 cm³/mol. The van der Waals surface area contributed by atoms with E-state index in [4.69, 9.17) is 27.4 Å². The number of hydrogen-bond donors (Lipinski definition) is 8. The first kappa shape index (κ1) is 30.2. The molecular weight excluding hydrogens is 436 g/mol. The molecule has 0 radical (unpaired) electrons. The van der Waals surface area contributed by atoms with Crippen LogP contribution in [0.4, 0.5) is 0 Å². The second-order valence-corrected chi connectivity index (χ2v) is 7.91. The lowest BCUT2D eigenvalue weighted by Crippen LogP contribution is -2.58. The topological polar surface area (TPSA) is 240 Å². The fourth-order valence-corrected chi connectivity index (χ4v) is 2.83. The monoisotopic (exact) mass is 474 g/mol. The molecule has 0 rings (SSSR count). The first-order chi connectivity index (χ1) is 15.5. The highest BCUT2D eigenvalue weighted by molar-refractivity contribution is 5.94. The van der Waals surface area contributed by atoms with Gasteiger partial charge >= 0.3 is 5.97 Å². The van der Waals surface area contributed by atoms with E-state index in [1.807, 2.05) is 6.92 Å². The van der Waals surface area contributed by atoms with E-state index in [2.05, 4.69) is 16.0 Å². The standard InChI is InChI=1S/C20H38N6O7/c1-3-11(2)16(23)19(31)25-12(6-4-5-9-21)17(29)24-13(7-8-15(22)28)18(30)26-14(10-27)20(32)33/h11-14,16,27H,3-10,21,23H2,1-2H3,(H2,22,28)(H,24,29)(H,25,31)(H,26,30)(H,32,33). The maximum Gasteiger partial charge on any atom is 0.328 e. The van der Waals surface area contributed by atoms with Crippen LogP contribution < -0.4 is 33.2 Å². The van der Waals surface area contributed by atoms with Gasteiger partial charge in [0.25, 0.3) is 0 Å². The molecule has 0 aliphatic heterocycles. The van der Waals surface area contributed by atoms with Crippen molar-refractivity contribution in [3.8, 4) is 0 Å². The number of rotatable bonds is 17. The van der Waals surface area contributed by atoms with Crippen molar-refractivity contribution in [2.75, 3.05) is 13.2 Å². The number of aliphatic hydroxyl groups is 1. The maximum absolute atomic E-state index is 12.9. The Labute approximate surface area is 193 Å². The van der Waals surface area contributed by atoms with E-state index in [0.717, 1.165) is 0 Å². The Hall–Kier alpha value is -2.77. The molecule has 0 bridgehead atoms. The van der Waals surface area contributed by atoms with E-state index < -0.39 is 60.4 Å². The summed E-state index contributed by atoms with van der Waals surface area (Å²) in [7, 11) is 0. The van der Waals surface area contributed by atoms with Gasteiger partial charge in [-0.05, 0) is 38.1 Å². The van der Waals surface area contributed by atoms with Crippen LogP contribution in [0.3, 0.4) is 0 Å². The number of carbonyl (C=O) groups excluding carboxylic acids is 4. The van der Waals surface area contributed by atoms with Gasteiger partial charge in [0.05, 0.1) is 12.6 Å². The largest absolute Gasteiger partial charge is 0.480 e. The molecule has 0 aromatic heterocycles. The van der Waals surface area contributed by atoms with Crippen LogP contribution in [0.15, 0.2) is 0 Å². The Morgan fingerprint density at radius 3 is 1.85 bits per heavy atom. The van der Waals surface area contributed by atoms with Gasteiger partial charge in [0.2, 0.25) is 23.6 Å². The molecule has 13 nitrogen and oxygen atoms in total. The molecular formula is C20H38N6O7. The van der Waals surface area contributed by atoms with E-state index in [9.17, 15) is 24.0 Å². The Morgan fingerprint density at radius 1 is 0.879 bits per heavy atom. The number of nitrogens with one attached hydrogen (secondary N) is 3. The van der Waals surface area contributed by atoms with Crippen LogP contribution in [0, 0.1) is 5.92 Å². The molecule has 0 aromatic rings. The molecule has 4 amide bonds. The van der Waals surface area contributed by atoms with Crippen LogP contribution in [0.25, 0.3) is 0 Å². The van der Waals surface area contributed by atoms with E-state index >= 15 is 0 Å². The number of primary amides is 1. The Balaban J connectivity index is 5.51. The summed E-state index contributed by atoms with van der Waals surface area (Å²) in [4.78, 5) is 60.2. The van der Waals surface area contributed by atoms with E-state index in [1.54, 1.807) is 6.92 Å². The number of hydrogen-bond acceptors (Lipinski definition) is 8. The second-order valence-electron chi connectivity index (χ2n) is 7.91. The summed E-state index contributed by atoms with van der Waals surface area (Å²) in [6, 6.07) is -4.79. The van der Waals surface area contributed by atoms with Crippen molar-refractivity contribution in [2.24, 2.45) is 23.1 Å². The van der Waals surface area contributed by atoms with Crippen molar-refractivity contribution in [3.63, 3.8) is 0 Å². The van der Waals surface area contributed by atoms with Gasteiger partial charge in [0.1, 0.15) is 18.1 Å². The van der Waals surface area contributed by atoms with Crippen molar-refractivity contribution in [3.05, 3.63) is 0 Å². The third-order valence-electron chi connectivity index (χ3n) is 5.25. The quantitative estimate of drug-likeness (QED) is 0.102. The van der Waals surface area contributed by atoms with E-state index in [1.165, 1.54) is 0 Å². The van der Waals surface area contributed by atoms with Gasteiger partial charge in [-0.25, -0.2) is 4.79 Å². The fourth-order valence-electron chi connectivity index (χ4n) is 2.83. The minimum absolute atomic E-state index is 0.127. The van der Waals surface area contributed by atoms with Crippen molar-refractivity contribution < 1.29 is 34.2 Å². The second kappa shape index (κ2) is 15.9. The summed E-state index contributed by atoms with van der Waals surface area (Å²) in [5.41, 5.74) is 16.6. The summed E-state index contributed by atoms with van der Waals surface area (Å²) in [5, 5.41) is 25.3. The fraction of sp³-hybridized carbons (Fsp3) is 0.750. The molecule has 13 heteroatoms. The van der Waals surface area contributed by atoms with Gasteiger partial charge in [-0.3, -0.25) is 19.2 Å². The average molecular weight is 475 g/mol. The molecule has 0 aliphatic carbocycles. The van der Waals surface area contributed by atoms with E-state index in [-0.39, 0.29) is 25.2 Å². The van der Waals surface area contributed by atoms with Gasteiger partial charge in [0.15, 0.2) is 0 Å². The molecule has 11 N–H and O–H groups in total. The van der Waals surface area contributed by atoms with Crippen molar-refractivity contribution in [1.29, 1.82) is 0 Å². The lowest BCUT2D eigenvalue weighted by Gasteiger charge is -2.26. The van der Waals surface area contributed by atoms with Gasteiger partial charge in [-0.1, -0.05) is 20.3 Å². The van der Waals surface area contributed by atoms with Crippen molar-refractivity contribution in [2.45, 2.75) is 76.5 Å². The third-order valence-corrected chi connectivity index (χ3v) is 5.25. The molecule has 5 unspecified atom stereocenters. The molecule has 190 valence electrons. The highest BCUT2D eigenvalue weighted by Gasteiger charge is 2.30. The first-order valence-electron chi connectivity index (χ1n) is 11.0. The third kappa shape index (κ3) is 11.6. The highest BCUT2D eigenvalue weighted by atomic mass is 16.4. The number of amides is 4.